The summed E-state index contributed by atoms with van der Waals surface area (Å²) >= 11 is 0. The van der Waals surface area contributed by atoms with Crippen LogP contribution in [0.25, 0.3) is 22.7 Å². The second kappa shape index (κ2) is 9.97. The quantitative estimate of drug-likeness (QED) is 0.572. The van der Waals surface area contributed by atoms with Crippen molar-refractivity contribution in [2.24, 2.45) is 10.9 Å². The minimum absolute atomic E-state index is 0.181. The number of halogens is 1. The van der Waals surface area contributed by atoms with Gasteiger partial charge in [-0.05, 0) is 75.1 Å². The Hall–Kier alpha value is -3.13. The van der Waals surface area contributed by atoms with E-state index in [4.69, 9.17) is 19.9 Å². The highest BCUT2D eigenvalue weighted by molar-refractivity contribution is 5.84. The molecule has 3 aromatic rings. The van der Waals surface area contributed by atoms with Crippen molar-refractivity contribution in [2.75, 3.05) is 18.0 Å². The van der Waals surface area contributed by atoms with Gasteiger partial charge in [0.25, 0.3) is 0 Å². The summed E-state index contributed by atoms with van der Waals surface area (Å²) in [6.07, 6.45) is 5.92. The SMILES string of the molecule is Cc1nc2ccccc2nc1C1=Cc2nc(N3CCC(F)C3)cc(=NC3CCC(O)CC3)n2CCC1C. The van der Waals surface area contributed by atoms with Gasteiger partial charge in [-0.15, -0.1) is 0 Å². The number of anilines is 1. The Morgan fingerprint density at radius 3 is 2.46 bits per heavy atom. The number of aliphatic hydroxyl groups excluding tert-OH is 1. The highest BCUT2D eigenvalue weighted by atomic mass is 19.1. The molecule has 2 aliphatic heterocycles. The summed E-state index contributed by atoms with van der Waals surface area (Å²) in [5, 5.41) is 9.97. The van der Waals surface area contributed by atoms with E-state index in [9.17, 15) is 9.50 Å². The number of hydrogen-bond donors (Lipinski definition) is 1. The predicted molar refractivity (Wildman–Crippen MR) is 144 cm³/mol. The van der Waals surface area contributed by atoms with Gasteiger partial charge in [0.05, 0.1) is 41.1 Å². The van der Waals surface area contributed by atoms with Crippen LogP contribution < -0.4 is 10.4 Å². The fourth-order valence-electron chi connectivity index (χ4n) is 5.85. The molecule has 1 aromatic carbocycles. The topological polar surface area (TPSA) is 79.4 Å². The predicted octanol–water partition coefficient (Wildman–Crippen LogP) is 4.47. The van der Waals surface area contributed by atoms with Crippen LogP contribution in [0.4, 0.5) is 10.2 Å². The molecule has 8 heteroatoms. The smallest absolute Gasteiger partial charge is 0.136 e. The Labute approximate surface area is 216 Å². The number of alkyl halides is 1. The molecule has 1 N–H and O–H groups in total. The second-order valence-electron chi connectivity index (χ2n) is 10.8. The molecule has 0 amide bonds. The summed E-state index contributed by atoms with van der Waals surface area (Å²) in [7, 11) is 0. The average Bonchev–Trinajstić information content (AvgIpc) is 3.26. The van der Waals surface area contributed by atoms with E-state index in [2.05, 4.69) is 17.6 Å². The van der Waals surface area contributed by atoms with E-state index in [0.29, 0.717) is 19.5 Å². The lowest BCUT2D eigenvalue weighted by molar-refractivity contribution is 0.123. The maximum atomic E-state index is 14.1. The number of rotatable bonds is 3. The number of benzene rings is 1. The molecule has 3 aliphatic rings. The Balaban J connectivity index is 1.49. The number of nitrogens with zero attached hydrogens (tertiary/aromatic N) is 6. The molecule has 4 heterocycles. The van der Waals surface area contributed by atoms with E-state index in [1.807, 2.05) is 42.2 Å². The molecule has 0 radical (unpaired) electrons. The first-order valence-corrected chi connectivity index (χ1v) is 13.6. The monoisotopic (exact) mass is 502 g/mol. The largest absolute Gasteiger partial charge is 0.393 e. The standard InChI is InChI=1S/C29H35FN6O/c1-18-11-14-36-27(15-23(18)29-19(2)31-24-5-3-4-6-25(24)33-29)34-26(35-13-12-20(30)17-35)16-28(36)32-21-7-9-22(37)10-8-21/h3-6,15-16,18,20-22,37H,7-14,17H2,1-2H3. The van der Waals surface area contributed by atoms with E-state index in [1.54, 1.807) is 0 Å². The molecule has 1 aliphatic carbocycles. The number of aliphatic hydroxyl groups is 1. The third kappa shape index (κ3) is 4.91. The minimum Gasteiger partial charge on any atom is -0.393 e. The van der Waals surface area contributed by atoms with Crippen molar-refractivity contribution >= 4 is 28.5 Å². The van der Waals surface area contributed by atoms with E-state index >= 15 is 0 Å². The van der Waals surface area contributed by atoms with Gasteiger partial charge in [0, 0.05) is 19.2 Å². The number of aromatic nitrogens is 4. The van der Waals surface area contributed by atoms with Gasteiger partial charge < -0.3 is 14.6 Å². The highest BCUT2D eigenvalue weighted by Crippen LogP contribution is 2.32. The second-order valence-corrected chi connectivity index (χ2v) is 10.8. The molecule has 2 aromatic heterocycles. The first-order valence-electron chi connectivity index (χ1n) is 13.6. The third-order valence-corrected chi connectivity index (χ3v) is 8.10. The maximum Gasteiger partial charge on any atom is 0.136 e. The van der Waals surface area contributed by atoms with Crippen LogP contribution >= 0.6 is 0 Å². The summed E-state index contributed by atoms with van der Waals surface area (Å²) in [5.74, 6) is 1.88. The van der Waals surface area contributed by atoms with Crippen molar-refractivity contribution < 1.29 is 9.50 Å². The van der Waals surface area contributed by atoms with Crippen LogP contribution in [0.2, 0.25) is 0 Å². The zero-order valence-corrected chi connectivity index (χ0v) is 21.6. The van der Waals surface area contributed by atoms with Gasteiger partial charge in [0.2, 0.25) is 0 Å². The molecule has 2 atom stereocenters. The molecular formula is C29H35FN6O. The minimum atomic E-state index is -0.824. The Kier molecular flexibility index (Phi) is 6.53. The molecule has 194 valence electrons. The van der Waals surface area contributed by atoms with E-state index in [1.165, 1.54) is 0 Å². The summed E-state index contributed by atoms with van der Waals surface area (Å²) in [4.78, 5) is 22.1. The molecule has 1 saturated heterocycles. The molecule has 37 heavy (non-hydrogen) atoms. The first kappa shape index (κ1) is 24.2. The zero-order chi connectivity index (χ0) is 25.5. The van der Waals surface area contributed by atoms with Crippen molar-refractivity contribution in [1.29, 1.82) is 0 Å². The lowest BCUT2D eigenvalue weighted by atomic mass is 9.93. The Bertz CT molecular complexity index is 1410. The van der Waals surface area contributed by atoms with Crippen LogP contribution in [-0.4, -0.2) is 56.0 Å². The molecule has 7 nitrogen and oxygen atoms in total. The molecule has 2 unspecified atom stereocenters. The average molecular weight is 503 g/mol. The van der Waals surface area contributed by atoms with Gasteiger partial charge in [-0.3, -0.25) is 4.99 Å². The number of aryl methyl sites for hydroxylation is 1. The lowest BCUT2D eigenvalue weighted by Gasteiger charge is -2.23. The highest BCUT2D eigenvalue weighted by Gasteiger charge is 2.26. The summed E-state index contributed by atoms with van der Waals surface area (Å²) < 4.78 is 16.3. The number of allylic oxidation sites excluding steroid dienone is 1. The first-order chi connectivity index (χ1) is 17.9. The summed E-state index contributed by atoms with van der Waals surface area (Å²) in [5.41, 5.74) is 5.63. The van der Waals surface area contributed by atoms with Crippen molar-refractivity contribution in [3.63, 3.8) is 0 Å². The van der Waals surface area contributed by atoms with E-state index < -0.39 is 6.17 Å². The lowest BCUT2D eigenvalue weighted by Crippen LogP contribution is -2.31. The van der Waals surface area contributed by atoms with Crippen LogP contribution in [0.5, 0.6) is 0 Å². The maximum absolute atomic E-state index is 14.1. The van der Waals surface area contributed by atoms with Crippen molar-refractivity contribution in [3.8, 4) is 0 Å². The summed E-state index contributed by atoms with van der Waals surface area (Å²) in [6.45, 7) is 6.09. The molecule has 0 bridgehead atoms. The fourth-order valence-corrected chi connectivity index (χ4v) is 5.85. The normalized spacial score (nSPS) is 26.8. The molecule has 2 fully saturated rings. The van der Waals surface area contributed by atoms with Crippen LogP contribution in [-0.2, 0) is 6.54 Å². The zero-order valence-electron chi connectivity index (χ0n) is 21.6. The number of hydrogen-bond acceptors (Lipinski definition) is 6. The third-order valence-electron chi connectivity index (χ3n) is 8.10. The van der Waals surface area contributed by atoms with Gasteiger partial charge in [-0.2, -0.15) is 0 Å². The number of fused-ring (bicyclic) bond motifs is 2. The van der Waals surface area contributed by atoms with E-state index in [0.717, 1.165) is 83.8 Å². The van der Waals surface area contributed by atoms with Crippen LogP contribution in [0.1, 0.15) is 62.7 Å². The van der Waals surface area contributed by atoms with Gasteiger partial charge in [-0.1, -0.05) is 19.1 Å². The molecular weight excluding hydrogens is 467 g/mol. The fraction of sp³-hybridized carbons (Fsp3) is 0.517. The summed E-state index contributed by atoms with van der Waals surface area (Å²) in [6, 6.07) is 10.2. The van der Waals surface area contributed by atoms with Crippen LogP contribution in [0, 0.1) is 12.8 Å². The Morgan fingerprint density at radius 2 is 1.73 bits per heavy atom. The van der Waals surface area contributed by atoms with Crippen molar-refractivity contribution in [2.45, 2.75) is 77.2 Å². The van der Waals surface area contributed by atoms with Crippen molar-refractivity contribution in [3.05, 3.63) is 53.0 Å². The van der Waals surface area contributed by atoms with Gasteiger partial charge >= 0.3 is 0 Å². The molecule has 6 rings (SSSR count). The Morgan fingerprint density at radius 1 is 0.973 bits per heavy atom. The molecule has 0 spiro atoms. The van der Waals surface area contributed by atoms with Gasteiger partial charge in [0.15, 0.2) is 0 Å². The van der Waals surface area contributed by atoms with Gasteiger partial charge in [0.1, 0.15) is 23.3 Å². The van der Waals surface area contributed by atoms with Gasteiger partial charge in [-0.25, -0.2) is 19.3 Å². The number of para-hydroxylation sites is 2. The van der Waals surface area contributed by atoms with E-state index in [-0.39, 0.29) is 18.1 Å². The van der Waals surface area contributed by atoms with Crippen LogP contribution in [0.3, 0.4) is 0 Å². The molecule has 1 saturated carbocycles. The van der Waals surface area contributed by atoms with Crippen molar-refractivity contribution in [1.82, 2.24) is 19.5 Å². The van der Waals surface area contributed by atoms with Crippen LogP contribution in [0.15, 0.2) is 35.3 Å².